The lowest BCUT2D eigenvalue weighted by molar-refractivity contribution is 0.0722. The Kier molecular flexibility index (Phi) is 11.2. The van der Waals surface area contributed by atoms with Crippen LogP contribution < -0.4 is 5.32 Å². The highest BCUT2D eigenvalue weighted by Gasteiger charge is 2.34. The summed E-state index contributed by atoms with van der Waals surface area (Å²) >= 11 is 0. The van der Waals surface area contributed by atoms with Gasteiger partial charge in [0, 0.05) is 60.0 Å². The maximum Gasteiger partial charge on any atom is 0.255 e. The zero-order valence-corrected chi connectivity index (χ0v) is 25.7. The molecule has 1 aromatic carbocycles. The van der Waals surface area contributed by atoms with Gasteiger partial charge in [-0.05, 0) is 69.7 Å². The quantitative estimate of drug-likeness (QED) is 0.108. The van der Waals surface area contributed by atoms with Gasteiger partial charge in [-0.15, -0.1) is 6.58 Å². The molecule has 222 valence electrons. The number of aromatic nitrogens is 1. The highest BCUT2D eigenvalue weighted by Crippen LogP contribution is 2.31. The molecule has 0 saturated carbocycles. The van der Waals surface area contributed by atoms with Gasteiger partial charge in [0.2, 0.25) is 0 Å². The monoisotopic (exact) mass is 570 g/mol. The number of allylic oxidation sites excluding steroid dienone is 6. The summed E-state index contributed by atoms with van der Waals surface area (Å²) in [7, 11) is 1.83. The molecule has 42 heavy (non-hydrogen) atoms. The van der Waals surface area contributed by atoms with Gasteiger partial charge >= 0.3 is 0 Å². The molecule has 1 unspecified atom stereocenters. The third-order valence-corrected chi connectivity index (χ3v) is 7.67. The first-order valence-electron chi connectivity index (χ1n) is 14.5. The minimum Gasteiger partial charge on any atom is -0.381 e. The normalized spacial score (nSPS) is 14.1. The van der Waals surface area contributed by atoms with Crippen LogP contribution in [0.2, 0.25) is 0 Å². The number of carbonyl (C=O) groups is 1. The summed E-state index contributed by atoms with van der Waals surface area (Å²) < 4.78 is 16.9. The van der Waals surface area contributed by atoms with E-state index in [0.29, 0.717) is 60.3 Å². The highest BCUT2D eigenvalue weighted by molar-refractivity contribution is 5.99. The van der Waals surface area contributed by atoms with Crippen LogP contribution in [-0.4, -0.2) is 33.6 Å². The molecule has 0 spiro atoms. The van der Waals surface area contributed by atoms with E-state index in [9.17, 15) is 9.59 Å². The standard InChI is InChI=1S/C35H43FN4O2/c1-8-11-13-33(26(10-3)22-41)40-21-27-18-25(14-15-28(27)35(40)42)20-38-32(12-9-2)30(19-37)29(16-23(4)5)34-31(36)17-24(6)39(34)7/h8,12,14-19,33,37-38H,1,9-11,13,20-21H2,2-7H3/b30-29+,32-12+,37-19?. The molecule has 0 fully saturated rings. The van der Waals surface area contributed by atoms with E-state index in [1.165, 1.54) is 12.3 Å². The van der Waals surface area contributed by atoms with Crippen molar-refractivity contribution in [3.63, 3.8) is 0 Å². The second-order valence-electron chi connectivity index (χ2n) is 10.9. The van der Waals surface area contributed by atoms with Crippen molar-refractivity contribution in [2.24, 2.45) is 7.05 Å². The minimum absolute atomic E-state index is 0.0772. The molecule has 2 N–H and O–H groups in total. The van der Waals surface area contributed by atoms with E-state index in [2.05, 4.69) is 17.8 Å². The Morgan fingerprint density at radius 3 is 2.55 bits per heavy atom. The van der Waals surface area contributed by atoms with Crippen LogP contribution >= 0.6 is 0 Å². The fourth-order valence-corrected chi connectivity index (χ4v) is 5.46. The Balaban J connectivity index is 1.94. The Bertz CT molecular complexity index is 1500. The first-order valence-corrected chi connectivity index (χ1v) is 14.5. The van der Waals surface area contributed by atoms with Crippen LogP contribution in [0.3, 0.4) is 0 Å². The zero-order valence-electron chi connectivity index (χ0n) is 25.7. The van der Waals surface area contributed by atoms with Crippen molar-refractivity contribution < 1.29 is 14.0 Å². The number of benzene rings is 1. The van der Waals surface area contributed by atoms with Crippen LogP contribution in [0.5, 0.6) is 0 Å². The molecule has 0 bridgehead atoms. The molecule has 0 radical (unpaired) electrons. The number of halogens is 1. The third-order valence-electron chi connectivity index (χ3n) is 7.67. The molecular formula is C35H43FN4O2. The molecule has 1 amide bonds. The number of carbonyl (C=O) groups excluding carboxylic acids is 2. The molecule has 6 nitrogen and oxygen atoms in total. The lowest BCUT2D eigenvalue weighted by Crippen LogP contribution is -2.37. The molecule has 2 heterocycles. The lowest BCUT2D eigenvalue weighted by atomic mass is 9.99. The molecular weight excluding hydrogens is 527 g/mol. The van der Waals surface area contributed by atoms with Gasteiger partial charge in [-0.3, -0.25) is 4.79 Å². The van der Waals surface area contributed by atoms with E-state index < -0.39 is 0 Å². The Hall–Kier alpha value is -4.22. The van der Waals surface area contributed by atoms with Gasteiger partial charge in [0.05, 0.1) is 11.7 Å². The van der Waals surface area contributed by atoms with Gasteiger partial charge in [-0.1, -0.05) is 49.8 Å². The molecule has 1 atom stereocenters. The number of nitrogens with zero attached hydrogens (tertiary/aromatic N) is 2. The summed E-state index contributed by atoms with van der Waals surface area (Å²) in [5.74, 6) is 1.66. The van der Waals surface area contributed by atoms with Gasteiger partial charge < -0.3 is 20.2 Å². The summed E-state index contributed by atoms with van der Waals surface area (Å²) in [5.41, 5.74) is 7.34. The van der Waals surface area contributed by atoms with Crippen LogP contribution in [0, 0.1) is 18.2 Å². The average Bonchev–Trinajstić information content (AvgIpc) is 3.42. The van der Waals surface area contributed by atoms with E-state index in [0.717, 1.165) is 34.5 Å². The van der Waals surface area contributed by atoms with Crippen LogP contribution in [-0.2, 0) is 24.9 Å². The van der Waals surface area contributed by atoms with Crippen molar-refractivity contribution in [3.8, 4) is 0 Å². The molecule has 0 saturated heterocycles. The van der Waals surface area contributed by atoms with E-state index in [4.69, 9.17) is 5.41 Å². The summed E-state index contributed by atoms with van der Waals surface area (Å²) in [6.07, 6.45) is 9.60. The number of nitrogens with one attached hydrogen (secondary N) is 2. The lowest BCUT2D eigenvalue weighted by Gasteiger charge is -2.27. The molecule has 3 rings (SSSR count). The molecule has 7 heteroatoms. The van der Waals surface area contributed by atoms with E-state index >= 15 is 4.39 Å². The van der Waals surface area contributed by atoms with E-state index in [1.54, 1.807) is 11.0 Å². The summed E-state index contributed by atoms with van der Waals surface area (Å²) in [6, 6.07) is 7.01. The van der Waals surface area contributed by atoms with Crippen LogP contribution in [0.4, 0.5) is 4.39 Å². The van der Waals surface area contributed by atoms with Gasteiger partial charge in [-0.25, -0.2) is 9.18 Å². The maximum absolute atomic E-state index is 15.1. The topological polar surface area (TPSA) is 78.2 Å². The Morgan fingerprint density at radius 1 is 1.26 bits per heavy atom. The fraction of sp³-hybridized carbons (Fsp3) is 0.371. The largest absolute Gasteiger partial charge is 0.381 e. The van der Waals surface area contributed by atoms with Crippen molar-refractivity contribution in [3.05, 3.63) is 105 Å². The maximum atomic E-state index is 15.1. The van der Waals surface area contributed by atoms with Gasteiger partial charge in [0.15, 0.2) is 0 Å². The summed E-state index contributed by atoms with van der Waals surface area (Å²) in [5, 5.41) is 11.8. The van der Waals surface area contributed by atoms with Crippen molar-refractivity contribution in [2.75, 3.05) is 0 Å². The SMILES string of the molecule is C=CCCC(C(=C=O)CC)N1Cc2cc(CNC(=C/CC)/C(C=N)=C(\C=C(C)C)c3c(F)cc(C)n3C)ccc2C1=O. The van der Waals surface area contributed by atoms with Crippen LogP contribution in [0.15, 0.2) is 71.5 Å². The second-order valence-corrected chi connectivity index (χ2v) is 10.9. The zero-order chi connectivity index (χ0) is 31.0. The molecule has 2 aromatic rings. The third kappa shape index (κ3) is 6.97. The summed E-state index contributed by atoms with van der Waals surface area (Å²) in [6.45, 7) is 14.4. The predicted molar refractivity (Wildman–Crippen MR) is 169 cm³/mol. The number of aryl methyl sites for hydroxylation is 1. The van der Waals surface area contributed by atoms with Gasteiger partial charge in [0.1, 0.15) is 11.8 Å². The first kappa shape index (κ1) is 32.3. The average molecular weight is 571 g/mol. The molecule has 1 aliphatic rings. The number of fused-ring (bicyclic) bond motifs is 1. The minimum atomic E-state index is -0.326. The number of hydrogen-bond donors (Lipinski definition) is 2. The first-order chi connectivity index (χ1) is 20.1. The van der Waals surface area contributed by atoms with E-state index in [-0.39, 0.29) is 17.8 Å². The van der Waals surface area contributed by atoms with Crippen LogP contribution in [0.25, 0.3) is 5.57 Å². The predicted octanol–water partition coefficient (Wildman–Crippen LogP) is 7.38. The van der Waals surface area contributed by atoms with Crippen molar-refractivity contribution in [1.82, 2.24) is 14.8 Å². The van der Waals surface area contributed by atoms with Gasteiger partial charge in [0.25, 0.3) is 5.91 Å². The van der Waals surface area contributed by atoms with Crippen molar-refractivity contribution >= 4 is 23.6 Å². The second kappa shape index (κ2) is 14.6. The number of rotatable bonds is 14. The highest BCUT2D eigenvalue weighted by atomic mass is 19.1. The molecule has 1 aromatic heterocycles. The number of hydrogen-bond acceptors (Lipinski definition) is 4. The Morgan fingerprint density at radius 2 is 2.00 bits per heavy atom. The molecule has 1 aliphatic heterocycles. The van der Waals surface area contributed by atoms with Gasteiger partial charge in [-0.2, -0.15) is 0 Å². The smallest absolute Gasteiger partial charge is 0.255 e. The van der Waals surface area contributed by atoms with Crippen molar-refractivity contribution in [1.29, 1.82) is 5.41 Å². The van der Waals surface area contributed by atoms with Crippen molar-refractivity contribution in [2.45, 2.75) is 79.4 Å². The van der Waals surface area contributed by atoms with E-state index in [1.807, 2.05) is 76.6 Å². The molecule has 0 aliphatic carbocycles. The summed E-state index contributed by atoms with van der Waals surface area (Å²) in [4.78, 5) is 26.8. The Labute approximate surface area is 249 Å². The fourth-order valence-electron chi connectivity index (χ4n) is 5.46. The van der Waals surface area contributed by atoms with Crippen LogP contribution in [0.1, 0.15) is 86.3 Å². The number of amides is 1.